The molecule has 22 heavy (non-hydrogen) atoms. The number of halogens is 2. The summed E-state index contributed by atoms with van der Waals surface area (Å²) in [5, 5.41) is 0.296. The molecule has 0 N–H and O–H groups in total. The Kier molecular flexibility index (Phi) is 6.17. The second-order valence-corrected chi connectivity index (χ2v) is 6.33. The van der Waals surface area contributed by atoms with E-state index in [4.69, 9.17) is 16.3 Å². The number of rotatable bonds is 4. The molecule has 1 atom stereocenters. The highest BCUT2D eigenvalue weighted by atomic mass is 35.5. The Balaban J connectivity index is 2.04. The Morgan fingerprint density at radius 1 is 1.50 bits per heavy atom. The SMILES string of the molecule is CN(C)C[C@@H]1COCCN(C(=O)Cc2c(F)cccc2Cl)C1. The van der Waals surface area contributed by atoms with Gasteiger partial charge in [-0.15, -0.1) is 0 Å². The molecule has 1 aliphatic rings. The highest BCUT2D eigenvalue weighted by molar-refractivity contribution is 6.31. The number of nitrogens with zero attached hydrogens (tertiary/aromatic N) is 2. The van der Waals surface area contributed by atoms with Gasteiger partial charge in [-0.2, -0.15) is 0 Å². The lowest BCUT2D eigenvalue weighted by atomic mass is 10.1. The smallest absolute Gasteiger partial charge is 0.227 e. The summed E-state index contributed by atoms with van der Waals surface area (Å²) in [5.41, 5.74) is 0.267. The molecular formula is C16H22ClFN2O2. The van der Waals surface area contributed by atoms with Gasteiger partial charge in [-0.05, 0) is 26.2 Å². The second kappa shape index (κ2) is 7.90. The number of benzene rings is 1. The van der Waals surface area contributed by atoms with Gasteiger partial charge >= 0.3 is 0 Å². The number of hydrogen-bond acceptors (Lipinski definition) is 3. The third kappa shape index (κ3) is 4.66. The van der Waals surface area contributed by atoms with E-state index in [-0.39, 0.29) is 23.8 Å². The van der Waals surface area contributed by atoms with Crippen LogP contribution in [0.15, 0.2) is 18.2 Å². The van der Waals surface area contributed by atoms with Gasteiger partial charge in [0.25, 0.3) is 0 Å². The van der Waals surface area contributed by atoms with Crippen molar-refractivity contribution in [3.63, 3.8) is 0 Å². The summed E-state index contributed by atoms with van der Waals surface area (Å²) in [6.45, 7) is 3.17. The quantitative estimate of drug-likeness (QED) is 0.848. The molecule has 1 saturated heterocycles. The van der Waals surface area contributed by atoms with Gasteiger partial charge in [0, 0.05) is 36.1 Å². The zero-order valence-electron chi connectivity index (χ0n) is 13.0. The molecule has 0 aliphatic carbocycles. The van der Waals surface area contributed by atoms with Crippen molar-refractivity contribution in [2.24, 2.45) is 5.92 Å². The van der Waals surface area contributed by atoms with Gasteiger partial charge in [0.1, 0.15) is 5.82 Å². The van der Waals surface area contributed by atoms with Crippen LogP contribution < -0.4 is 0 Å². The van der Waals surface area contributed by atoms with Crippen molar-refractivity contribution in [2.45, 2.75) is 6.42 Å². The van der Waals surface area contributed by atoms with Gasteiger partial charge in [0.15, 0.2) is 0 Å². The summed E-state index contributed by atoms with van der Waals surface area (Å²) in [4.78, 5) is 16.3. The van der Waals surface area contributed by atoms with Crippen molar-refractivity contribution >= 4 is 17.5 Å². The molecule has 2 rings (SSSR count). The van der Waals surface area contributed by atoms with Crippen molar-refractivity contribution in [3.05, 3.63) is 34.6 Å². The fourth-order valence-electron chi connectivity index (χ4n) is 2.70. The van der Waals surface area contributed by atoms with Crippen molar-refractivity contribution in [3.8, 4) is 0 Å². The molecule has 1 aromatic carbocycles. The Morgan fingerprint density at radius 2 is 2.27 bits per heavy atom. The van der Waals surface area contributed by atoms with Crippen LogP contribution in [-0.2, 0) is 16.0 Å². The minimum absolute atomic E-state index is 0.0137. The molecule has 0 spiro atoms. The summed E-state index contributed by atoms with van der Waals surface area (Å²) < 4.78 is 19.4. The first-order chi connectivity index (χ1) is 10.5. The number of amides is 1. The van der Waals surface area contributed by atoms with E-state index in [1.165, 1.54) is 6.07 Å². The summed E-state index contributed by atoms with van der Waals surface area (Å²) in [7, 11) is 3.99. The predicted octanol–water partition coefficient (Wildman–Crippen LogP) is 2.06. The molecule has 1 fully saturated rings. The minimum Gasteiger partial charge on any atom is -0.379 e. The van der Waals surface area contributed by atoms with E-state index in [2.05, 4.69) is 4.90 Å². The maximum atomic E-state index is 13.8. The Labute approximate surface area is 135 Å². The number of carbonyl (C=O) groups is 1. The van der Waals surface area contributed by atoms with E-state index >= 15 is 0 Å². The van der Waals surface area contributed by atoms with Crippen LogP contribution in [0, 0.1) is 11.7 Å². The van der Waals surface area contributed by atoms with Gasteiger partial charge in [0.2, 0.25) is 5.91 Å². The first kappa shape index (κ1) is 17.2. The molecule has 1 aromatic rings. The first-order valence-electron chi connectivity index (χ1n) is 7.40. The molecule has 1 aliphatic heterocycles. The van der Waals surface area contributed by atoms with E-state index in [9.17, 15) is 9.18 Å². The molecular weight excluding hydrogens is 307 g/mol. The highest BCUT2D eigenvalue weighted by Gasteiger charge is 2.24. The lowest BCUT2D eigenvalue weighted by molar-refractivity contribution is -0.131. The number of hydrogen-bond donors (Lipinski definition) is 0. The van der Waals surface area contributed by atoms with Gasteiger partial charge in [0.05, 0.1) is 19.6 Å². The third-order valence-electron chi connectivity index (χ3n) is 3.70. The molecule has 1 amide bonds. The number of carbonyl (C=O) groups excluding carboxylic acids is 1. The Morgan fingerprint density at radius 3 is 2.95 bits per heavy atom. The second-order valence-electron chi connectivity index (χ2n) is 5.92. The fourth-order valence-corrected chi connectivity index (χ4v) is 2.93. The molecule has 0 bridgehead atoms. The molecule has 4 nitrogen and oxygen atoms in total. The molecule has 1 heterocycles. The normalized spacial score (nSPS) is 19.3. The van der Waals surface area contributed by atoms with Crippen molar-refractivity contribution in [1.29, 1.82) is 0 Å². The summed E-state index contributed by atoms with van der Waals surface area (Å²) >= 11 is 6.00. The monoisotopic (exact) mass is 328 g/mol. The van der Waals surface area contributed by atoms with Gasteiger partial charge in [-0.1, -0.05) is 17.7 Å². The van der Waals surface area contributed by atoms with Crippen molar-refractivity contribution < 1.29 is 13.9 Å². The first-order valence-corrected chi connectivity index (χ1v) is 7.78. The van der Waals surface area contributed by atoms with Gasteiger partial charge in [-0.25, -0.2) is 4.39 Å². The van der Waals surface area contributed by atoms with Gasteiger partial charge < -0.3 is 14.5 Å². The van der Waals surface area contributed by atoms with Crippen molar-refractivity contribution in [2.75, 3.05) is 46.9 Å². The molecule has 0 aromatic heterocycles. The molecule has 122 valence electrons. The summed E-state index contributed by atoms with van der Waals surface area (Å²) in [5.74, 6) is -0.282. The standard InChI is InChI=1S/C16H22ClFN2O2/c1-19(2)9-12-10-20(6-7-22-11-12)16(21)8-13-14(17)4-3-5-15(13)18/h3-5,12H,6-11H2,1-2H3/t12-/m0/s1. The lowest BCUT2D eigenvalue weighted by Crippen LogP contribution is -2.39. The molecule has 6 heteroatoms. The van der Waals surface area contributed by atoms with Crippen LogP contribution in [0.1, 0.15) is 5.56 Å². The van der Waals surface area contributed by atoms with Crippen LogP contribution in [0.4, 0.5) is 4.39 Å². The predicted molar refractivity (Wildman–Crippen MR) is 84.6 cm³/mol. The van der Waals surface area contributed by atoms with Crippen LogP contribution in [0.5, 0.6) is 0 Å². The summed E-state index contributed by atoms with van der Waals surface area (Å²) in [6.07, 6.45) is -0.0137. The van der Waals surface area contributed by atoms with Crippen molar-refractivity contribution in [1.82, 2.24) is 9.80 Å². The van der Waals surface area contributed by atoms with Gasteiger partial charge in [-0.3, -0.25) is 4.79 Å². The van der Waals surface area contributed by atoms with E-state index in [0.717, 1.165) is 6.54 Å². The van der Waals surface area contributed by atoms with Crippen LogP contribution in [0.3, 0.4) is 0 Å². The average Bonchev–Trinajstić information content (AvgIpc) is 2.68. The maximum absolute atomic E-state index is 13.8. The number of ether oxygens (including phenoxy) is 1. The van der Waals surface area contributed by atoms with Crippen LogP contribution in [0.2, 0.25) is 5.02 Å². The largest absolute Gasteiger partial charge is 0.379 e. The third-order valence-corrected chi connectivity index (χ3v) is 4.06. The van der Waals surface area contributed by atoms with E-state index in [0.29, 0.717) is 31.3 Å². The van der Waals surface area contributed by atoms with E-state index in [1.54, 1.807) is 17.0 Å². The Bertz CT molecular complexity index is 505. The van der Waals surface area contributed by atoms with Crippen LogP contribution >= 0.6 is 11.6 Å². The van der Waals surface area contributed by atoms with E-state index in [1.807, 2.05) is 14.1 Å². The topological polar surface area (TPSA) is 32.8 Å². The molecule has 0 unspecified atom stereocenters. The Hall–Kier alpha value is -1.17. The maximum Gasteiger partial charge on any atom is 0.227 e. The van der Waals surface area contributed by atoms with Crippen LogP contribution in [-0.4, -0.2) is 62.7 Å². The lowest BCUT2D eigenvalue weighted by Gasteiger charge is -2.25. The van der Waals surface area contributed by atoms with E-state index < -0.39 is 5.82 Å². The average molecular weight is 329 g/mol. The zero-order chi connectivity index (χ0) is 16.1. The molecule has 0 radical (unpaired) electrons. The molecule has 0 saturated carbocycles. The highest BCUT2D eigenvalue weighted by Crippen LogP contribution is 2.20. The fraction of sp³-hybridized carbons (Fsp3) is 0.562. The van der Waals surface area contributed by atoms with Crippen LogP contribution in [0.25, 0.3) is 0 Å². The summed E-state index contributed by atoms with van der Waals surface area (Å²) in [6, 6.07) is 4.47. The zero-order valence-corrected chi connectivity index (χ0v) is 13.8. The minimum atomic E-state index is -0.434.